The summed E-state index contributed by atoms with van der Waals surface area (Å²) in [5, 5.41) is 3.82. The number of hydrogen-bond donors (Lipinski definition) is 1. The Morgan fingerprint density at radius 1 is 1.23 bits per heavy atom. The lowest BCUT2D eigenvalue weighted by atomic mass is 9.76. The van der Waals surface area contributed by atoms with Gasteiger partial charge < -0.3 is 14.8 Å². The summed E-state index contributed by atoms with van der Waals surface area (Å²) in [6.07, 6.45) is 7.72. The third-order valence-electron chi connectivity index (χ3n) is 5.47. The van der Waals surface area contributed by atoms with E-state index in [0.717, 1.165) is 18.8 Å². The standard InChI is InChI=1S/C23H25NO2/c1-4-11-25-18-9-7-17(8-10-18)22-19-6-5-12-26-23(19)20-14-15(2)13-16(3)21(20)24-22/h1,7-10,13-14,19,22-24H,5-6,11-12H2,2-3H3/t19-,22-,23-/m0/s1. The van der Waals surface area contributed by atoms with E-state index in [1.165, 1.54) is 34.4 Å². The van der Waals surface area contributed by atoms with Crippen molar-refractivity contribution in [3.63, 3.8) is 0 Å². The number of aryl methyl sites for hydroxylation is 2. The molecule has 2 aromatic rings. The van der Waals surface area contributed by atoms with Crippen LogP contribution in [0.1, 0.15) is 47.2 Å². The Kier molecular flexibility index (Phi) is 4.61. The average molecular weight is 347 g/mol. The van der Waals surface area contributed by atoms with Gasteiger partial charge in [0.2, 0.25) is 0 Å². The van der Waals surface area contributed by atoms with Gasteiger partial charge in [0.1, 0.15) is 12.4 Å². The Morgan fingerprint density at radius 3 is 2.81 bits per heavy atom. The maximum atomic E-state index is 6.26. The molecule has 0 aliphatic carbocycles. The molecule has 2 heterocycles. The summed E-state index contributed by atoms with van der Waals surface area (Å²) >= 11 is 0. The summed E-state index contributed by atoms with van der Waals surface area (Å²) in [5.74, 6) is 3.75. The van der Waals surface area contributed by atoms with Crippen LogP contribution in [0.15, 0.2) is 36.4 Å². The maximum Gasteiger partial charge on any atom is 0.148 e. The fourth-order valence-electron chi connectivity index (χ4n) is 4.38. The molecule has 0 spiro atoms. The first-order chi connectivity index (χ1) is 12.7. The molecule has 0 saturated carbocycles. The van der Waals surface area contributed by atoms with Crippen molar-refractivity contribution in [2.24, 2.45) is 5.92 Å². The van der Waals surface area contributed by atoms with Gasteiger partial charge in [-0.15, -0.1) is 6.42 Å². The number of terminal acetylenes is 1. The molecular formula is C23H25NO2. The molecule has 1 saturated heterocycles. The highest BCUT2D eigenvalue weighted by Gasteiger charge is 2.40. The summed E-state index contributed by atoms with van der Waals surface area (Å²) in [4.78, 5) is 0. The van der Waals surface area contributed by atoms with Crippen LogP contribution < -0.4 is 10.1 Å². The molecule has 1 N–H and O–H groups in total. The monoisotopic (exact) mass is 347 g/mol. The largest absolute Gasteiger partial charge is 0.481 e. The van der Waals surface area contributed by atoms with Crippen molar-refractivity contribution in [2.75, 3.05) is 18.5 Å². The van der Waals surface area contributed by atoms with Crippen molar-refractivity contribution in [1.82, 2.24) is 0 Å². The van der Waals surface area contributed by atoms with E-state index in [1.807, 2.05) is 12.1 Å². The first-order valence-corrected chi connectivity index (χ1v) is 9.33. The van der Waals surface area contributed by atoms with Crippen LogP contribution in [-0.2, 0) is 4.74 Å². The molecular weight excluding hydrogens is 322 g/mol. The number of fused-ring (bicyclic) bond motifs is 3. The molecule has 0 amide bonds. The van der Waals surface area contributed by atoms with Gasteiger partial charge in [-0.05, 0) is 49.9 Å². The highest BCUT2D eigenvalue weighted by molar-refractivity contribution is 5.63. The van der Waals surface area contributed by atoms with E-state index >= 15 is 0 Å². The van der Waals surface area contributed by atoms with Gasteiger partial charge in [-0.3, -0.25) is 0 Å². The first kappa shape index (κ1) is 17.0. The Balaban J connectivity index is 1.69. The molecule has 2 aromatic carbocycles. The van der Waals surface area contributed by atoms with Crippen molar-refractivity contribution in [3.8, 4) is 18.1 Å². The Bertz CT molecular complexity index is 835. The van der Waals surface area contributed by atoms with Gasteiger partial charge in [-0.1, -0.05) is 35.7 Å². The zero-order chi connectivity index (χ0) is 18.1. The van der Waals surface area contributed by atoms with E-state index in [1.54, 1.807) is 0 Å². The van der Waals surface area contributed by atoms with Crippen LogP contribution in [0.4, 0.5) is 5.69 Å². The van der Waals surface area contributed by atoms with E-state index in [2.05, 4.69) is 49.4 Å². The van der Waals surface area contributed by atoms with Crippen molar-refractivity contribution >= 4 is 5.69 Å². The van der Waals surface area contributed by atoms with Crippen LogP contribution in [0.25, 0.3) is 0 Å². The summed E-state index contributed by atoms with van der Waals surface area (Å²) < 4.78 is 11.8. The van der Waals surface area contributed by atoms with E-state index in [-0.39, 0.29) is 12.1 Å². The van der Waals surface area contributed by atoms with E-state index < -0.39 is 0 Å². The topological polar surface area (TPSA) is 30.5 Å². The second-order valence-electron chi connectivity index (χ2n) is 7.33. The molecule has 134 valence electrons. The Morgan fingerprint density at radius 2 is 2.04 bits per heavy atom. The van der Waals surface area contributed by atoms with E-state index in [4.69, 9.17) is 15.9 Å². The zero-order valence-electron chi connectivity index (χ0n) is 15.4. The minimum absolute atomic E-state index is 0.168. The SMILES string of the molecule is C#CCOc1ccc([C@@H]2Nc3c(C)cc(C)cc3[C@H]3OCCC[C@H]32)cc1. The van der Waals surface area contributed by atoms with E-state index in [9.17, 15) is 0 Å². The lowest BCUT2D eigenvalue weighted by molar-refractivity contribution is -0.0382. The van der Waals surface area contributed by atoms with Crippen molar-refractivity contribution in [2.45, 2.75) is 38.8 Å². The molecule has 0 aromatic heterocycles. The van der Waals surface area contributed by atoms with Crippen LogP contribution in [0, 0.1) is 32.1 Å². The number of rotatable bonds is 3. The van der Waals surface area contributed by atoms with Gasteiger partial charge in [0.05, 0.1) is 12.1 Å². The maximum absolute atomic E-state index is 6.26. The summed E-state index contributed by atoms with van der Waals surface area (Å²) in [6, 6.07) is 13.1. The highest BCUT2D eigenvalue weighted by atomic mass is 16.5. The van der Waals surface area contributed by atoms with Crippen molar-refractivity contribution in [1.29, 1.82) is 0 Å². The second kappa shape index (κ2) is 7.05. The summed E-state index contributed by atoms with van der Waals surface area (Å²) in [6.45, 7) is 5.48. The molecule has 0 unspecified atom stereocenters. The molecule has 3 nitrogen and oxygen atoms in total. The van der Waals surface area contributed by atoms with Gasteiger partial charge in [-0.25, -0.2) is 0 Å². The molecule has 3 atom stereocenters. The van der Waals surface area contributed by atoms with Crippen LogP contribution in [-0.4, -0.2) is 13.2 Å². The second-order valence-corrected chi connectivity index (χ2v) is 7.33. The van der Waals surface area contributed by atoms with Crippen LogP contribution in [0.2, 0.25) is 0 Å². The number of ether oxygens (including phenoxy) is 2. The molecule has 0 bridgehead atoms. The molecule has 2 aliphatic rings. The quantitative estimate of drug-likeness (QED) is 0.797. The Hall–Kier alpha value is -2.44. The fourth-order valence-corrected chi connectivity index (χ4v) is 4.38. The normalized spacial score (nSPS) is 24.0. The predicted octanol–water partition coefficient (Wildman–Crippen LogP) is 4.95. The lowest BCUT2D eigenvalue weighted by Gasteiger charge is -2.44. The van der Waals surface area contributed by atoms with Crippen LogP contribution >= 0.6 is 0 Å². The first-order valence-electron chi connectivity index (χ1n) is 9.33. The Labute approximate surface area is 155 Å². The molecule has 2 aliphatic heterocycles. The average Bonchev–Trinajstić information content (AvgIpc) is 2.66. The number of anilines is 1. The summed E-state index contributed by atoms with van der Waals surface area (Å²) in [5.41, 5.74) is 6.40. The third kappa shape index (κ3) is 3.06. The summed E-state index contributed by atoms with van der Waals surface area (Å²) in [7, 11) is 0. The number of hydrogen-bond acceptors (Lipinski definition) is 3. The van der Waals surface area contributed by atoms with Crippen LogP contribution in [0.3, 0.4) is 0 Å². The molecule has 0 radical (unpaired) electrons. The van der Waals surface area contributed by atoms with Crippen molar-refractivity contribution in [3.05, 3.63) is 58.7 Å². The van der Waals surface area contributed by atoms with E-state index in [0.29, 0.717) is 12.5 Å². The van der Waals surface area contributed by atoms with Gasteiger partial charge >= 0.3 is 0 Å². The minimum atomic E-state index is 0.168. The highest BCUT2D eigenvalue weighted by Crippen LogP contribution is 2.50. The predicted molar refractivity (Wildman–Crippen MR) is 104 cm³/mol. The van der Waals surface area contributed by atoms with Gasteiger partial charge in [0.25, 0.3) is 0 Å². The third-order valence-corrected chi connectivity index (χ3v) is 5.47. The van der Waals surface area contributed by atoms with Crippen LogP contribution in [0.5, 0.6) is 5.75 Å². The van der Waals surface area contributed by atoms with Gasteiger partial charge in [0, 0.05) is 23.8 Å². The number of nitrogens with one attached hydrogen (secondary N) is 1. The fraction of sp³-hybridized carbons (Fsp3) is 0.391. The molecule has 4 rings (SSSR count). The molecule has 26 heavy (non-hydrogen) atoms. The zero-order valence-corrected chi connectivity index (χ0v) is 15.4. The lowest BCUT2D eigenvalue weighted by Crippen LogP contribution is -2.36. The molecule has 1 fully saturated rings. The smallest absolute Gasteiger partial charge is 0.148 e. The van der Waals surface area contributed by atoms with Gasteiger partial charge in [0.15, 0.2) is 0 Å². The molecule has 3 heteroatoms. The van der Waals surface area contributed by atoms with Gasteiger partial charge in [-0.2, -0.15) is 0 Å². The number of benzene rings is 2. The van der Waals surface area contributed by atoms with Crippen molar-refractivity contribution < 1.29 is 9.47 Å². The minimum Gasteiger partial charge on any atom is -0.481 e.